The van der Waals surface area contributed by atoms with Gasteiger partial charge < -0.3 is 20.1 Å². The van der Waals surface area contributed by atoms with Gasteiger partial charge in [-0.05, 0) is 84.3 Å². The van der Waals surface area contributed by atoms with Crippen LogP contribution in [0.1, 0.15) is 20.7 Å². The summed E-state index contributed by atoms with van der Waals surface area (Å²) in [4.78, 5) is 27.7. The van der Waals surface area contributed by atoms with Crippen LogP contribution in [-0.2, 0) is 0 Å². The Kier molecular flexibility index (Phi) is 8.99. The predicted octanol–water partition coefficient (Wildman–Crippen LogP) is 7.32. The Bertz CT molecular complexity index is 1360. The van der Waals surface area contributed by atoms with Crippen LogP contribution in [-0.4, -0.2) is 38.5 Å². The van der Waals surface area contributed by atoms with Crippen molar-refractivity contribution in [1.82, 2.24) is 0 Å². The summed E-state index contributed by atoms with van der Waals surface area (Å²) in [5, 5.41) is 5.88. The molecule has 194 valence electrons. The molecule has 0 aliphatic heterocycles. The average molecular weight is 545 g/mol. The minimum absolute atomic E-state index is 0.211. The van der Waals surface area contributed by atoms with E-state index in [1.165, 1.54) is 0 Å². The fourth-order valence-corrected chi connectivity index (χ4v) is 4.78. The molecule has 0 spiro atoms. The fraction of sp³-hybridized carbons (Fsp3) is 0.133. The van der Waals surface area contributed by atoms with Crippen LogP contribution in [0.5, 0.6) is 11.5 Å². The molecule has 0 aliphatic carbocycles. The molecule has 2 amide bonds. The number of methoxy groups -OCH3 is 2. The first kappa shape index (κ1) is 27.2. The van der Waals surface area contributed by atoms with E-state index >= 15 is 0 Å². The maximum absolute atomic E-state index is 12.8. The van der Waals surface area contributed by atoms with Gasteiger partial charge in [-0.1, -0.05) is 24.3 Å². The van der Waals surface area contributed by atoms with Gasteiger partial charge in [0, 0.05) is 20.9 Å². The molecule has 6 nitrogen and oxygen atoms in total. The third-order valence-corrected chi connectivity index (χ3v) is 7.35. The second-order valence-electron chi connectivity index (χ2n) is 8.20. The molecule has 4 aromatic rings. The fourth-order valence-electron chi connectivity index (χ4n) is 3.87. The predicted molar refractivity (Wildman–Crippen MR) is 157 cm³/mol. The summed E-state index contributed by atoms with van der Waals surface area (Å²) in [6.45, 7) is 0. The van der Waals surface area contributed by atoms with Gasteiger partial charge in [-0.15, -0.1) is 23.5 Å². The van der Waals surface area contributed by atoms with Gasteiger partial charge in [-0.25, -0.2) is 0 Å². The summed E-state index contributed by atoms with van der Waals surface area (Å²) in [5.74, 6) is 0.636. The standard InChI is InChI=1S/C30H28N2O4S2/c1-35-27-17-19(11-13-25(27)31-29(33)21-7-5-9-23(15-21)37-3)20-12-14-26(28(18-20)36-2)32-30(34)22-8-6-10-24(16-22)38-4/h5-18H,1-4H3,(H,31,33)(H,32,34). The van der Waals surface area contributed by atoms with Gasteiger partial charge in [0.15, 0.2) is 0 Å². The van der Waals surface area contributed by atoms with Crippen molar-refractivity contribution in [3.05, 3.63) is 96.1 Å². The van der Waals surface area contributed by atoms with Gasteiger partial charge in [0.1, 0.15) is 11.5 Å². The summed E-state index contributed by atoms with van der Waals surface area (Å²) in [5.41, 5.74) is 4.02. The quantitative estimate of drug-likeness (QED) is 0.215. The lowest BCUT2D eigenvalue weighted by molar-refractivity contribution is 0.101. The van der Waals surface area contributed by atoms with Gasteiger partial charge in [0.05, 0.1) is 25.6 Å². The van der Waals surface area contributed by atoms with Crippen molar-refractivity contribution in [2.45, 2.75) is 9.79 Å². The summed E-state index contributed by atoms with van der Waals surface area (Å²) in [7, 11) is 3.13. The van der Waals surface area contributed by atoms with Gasteiger partial charge >= 0.3 is 0 Å². The molecular formula is C30H28N2O4S2. The molecule has 4 aromatic carbocycles. The van der Waals surface area contributed by atoms with E-state index in [1.807, 2.05) is 85.3 Å². The zero-order chi connectivity index (χ0) is 27.1. The molecule has 0 fully saturated rings. The van der Waals surface area contributed by atoms with E-state index in [0.717, 1.165) is 20.9 Å². The van der Waals surface area contributed by atoms with Crippen LogP contribution in [0.3, 0.4) is 0 Å². The van der Waals surface area contributed by atoms with E-state index in [4.69, 9.17) is 9.47 Å². The molecule has 2 N–H and O–H groups in total. The van der Waals surface area contributed by atoms with Gasteiger partial charge in [0.2, 0.25) is 0 Å². The Balaban J connectivity index is 1.55. The number of benzene rings is 4. The lowest BCUT2D eigenvalue weighted by atomic mass is 10.0. The lowest BCUT2D eigenvalue weighted by Crippen LogP contribution is -2.13. The minimum atomic E-state index is -0.211. The Morgan fingerprint density at radius 3 is 1.39 bits per heavy atom. The monoisotopic (exact) mass is 544 g/mol. The molecule has 0 aromatic heterocycles. The number of carbonyl (C=O) groups excluding carboxylic acids is 2. The van der Waals surface area contributed by atoms with Crippen molar-refractivity contribution in [3.8, 4) is 22.6 Å². The highest BCUT2D eigenvalue weighted by Crippen LogP contribution is 2.35. The largest absolute Gasteiger partial charge is 0.495 e. The van der Waals surface area contributed by atoms with Crippen LogP contribution < -0.4 is 20.1 Å². The van der Waals surface area contributed by atoms with Crippen molar-refractivity contribution in [2.24, 2.45) is 0 Å². The zero-order valence-corrected chi connectivity index (χ0v) is 23.2. The maximum atomic E-state index is 12.8. The van der Waals surface area contributed by atoms with E-state index in [0.29, 0.717) is 34.0 Å². The Morgan fingerprint density at radius 1 is 0.605 bits per heavy atom. The topological polar surface area (TPSA) is 76.7 Å². The van der Waals surface area contributed by atoms with E-state index in [-0.39, 0.29) is 11.8 Å². The summed E-state index contributed by atoms with van der Waals surface area (Å²) in [6.07, 6.45) is 3.94. The number of hydrogen-bond acceptors (Lipinski definition) is 6. The Labute approximate surface area is 231 Å². The average Bonchev–Trinajstić information content (AvgIpc) is 2.97. The number of thioether (sulfide) groups is 2. The molecule has 0 unspecified atom stereocenters. The number of nitrogens with one attached hydrogen (secondary N) is 2. The molecule has 4 rings (SSSR count). The van der Waals surface area contributed by atoms with Crippen molar-refractivity contribution < 1.29 is 19.1 Å². The molecule has 8 heteroatoms. The highest BCUT2D eigenvalue weighted by Gasteiger charge is 2.14. The number of rotatable bonds is 9. The first-order valence-electron chi connectivity index (χ1n) is 11.7. The van der Waals surface area contributed by atoms with Crippen LogP contribution in [0.15, 0.2) is 94.7 Å². The molecule has 0 heterocycles. The first-order chi connectivity index (χ1) is 18.4. The summed E-state index contributed by atoms with van der Waals surface area (Å²) < 4.78 is 11.2. The summed E-state index contributed by atoms with van der Waals surface area (Å²) >= 11 is 3.16. The number of hydrogen-bond donors (Lipinski definition) is 2. The maximum Gasteiger partial charge on any atom is 0.255 e. The van der Waals surface area contributed by atoms with Gasteiger partial charge in [-0.3, -0.25) is 9.59 Å². The normalized spacial score (nSPS) is 10.5. The number of ether oxygens (including phenoxy) is 2. The van der Waals surface area contributed by atoms with Crippen LogP contribution in [0.4, 0.5) is 11.4 Å². The van der Waals surface area contributed by atoms with Crippen molar-refractivity contribution >= 4 is 46.7 Å². The van der Waals surface area contributed by atoms with Crippen LogP contribution in [0.2, 0.25) is 0 Å². The SMILES string of the molecule is COc1cc(-c2ccc(NC(=O)c3cccc(SC)c3)c(OC)c2)ccc1NC(=O)c1cccc(SC)c1. The number of carbonyl (C=O) groups is 2. The highest BCUT2D eigenvalue weighted by atomic mass is 32.2. The van der Waals surface area contributed by atoms with Crippen LogP contribution >= 0.6 is 23.5 Å². The molecule has 0 atom stereocenters. The lowest BCUT2D eigenvalue weighted by Gasteiger charge is -2.15. The minimum Gasteiger partial charge on any atom is -0.495 e. The third kappa shape index (κ3) is 6.33. The number of anilines is 2. The summed E-state index contributed by atoms with van der Waals surface area (Å²) in [6, 6.07) is 26.1. The number of amides is 2. The molecule has 0 saturated heterocycles. The Hall–Kier alpha value is -3.88. The highest BCUT2D eigenvalue weighted by molar-refractivity contribution is 7.98. The van der Waals surface area contributed by atoms with Crippen molar-refractivity contribution in [2.75, 3.05) is 37.4 Å². The van der Waals surface area contributed by atoms with Crippen LogP contribution in [0.25, 0.3) is 11.1 Å². The molecule has 0 saturated carbocycles. The second-order valence-corrected chi connectivity index (χ2v) is 9.96. The van der Waals surface area contributed by atoms with E-state index < -0.39 is 0 Å². The van der Waals surface area contributed by atoms with E-state index in [9.17, 15) is 9.59 Å². The smallest absolute Gasteiger partial charge is 0.255 e. The van der Waals surface area contributed by atoms with Gasteiger partial charge in [-0.2, -0.15) is 0 Å². The third-order valence-electron chi connectivity index (χ3n) is 5.90. The molecule has 0 bridgehead atoms. The molecule has 38 heavy (non-hydrogen) atoms. The molecule has 0 radical (unpaired) electrons. The van der Waals surface area contributed by atoms with Gasteiger partial charge in [0.25, 0.3) is 11.8 Å². The van der Waals surface area contributed by atoms with E-state index in [1.54, 1.807) is 49.9 Å². The molecule has 0 aliphatic rings. The van der Waals surface area contributed by atoms with Crippen LogP contribution in [0, 0.1) is 0 Å². The van der Waals surface area contributed by atoms with E-state index in [2.05, 4.69) is 10.6 Å². The van der Waals surface area contributed by atoms with Crippen molar-refractivity contribution in [1.29, 1.82) is 0 Å². The Morgan fingerprint density at radius 2 is 1.03 bits per heavy atom. The molecular weight excluding hydrogens is 516 g/mol. The first-order valence-corrected chi connectivity index (χ1v) is 14.2. The van der Waals surface area contributed by atoms with Crippen molar-refractivity contribution in [3.63, 3.8) is 0 Å². The zero-order valence-electron chi connectivity index (χ0n) is 21.5. The second kappa shape index (κ2) is 12.6.